The highest BCUT2D eigenvalue weighted by Gasteiger charge is 2.23. The molecule has 2 heterocycles. The molecule has 0 aliphatic carbocycles. The van der Waals surface area contributed by atoms with Gasteiger partial charge in [0.15, 0.2) is 0 Å². The molecule has 1 aromatic carbocycles. The Balaban J connectivity index is 0.00000300. The molecule has 3 rings (SSSR count). The molecule has 2 amide bonds. The smallest absolute Gasteiger partial charge is 0.267 e. The van der Waals surface area contributed by atoms with Gasteiger partial charge < -0.3 is 4.90 Å². The van der Waals surface area contributed by atoms with Gasteiger partial charge in [-0.05, 0) is 42.7 Å². The van der Waals surface area contributed by atoms with E-state index in [4.69, 9.17) is 5.21 Å². The normalized spacial score (nSPS) is 16.6. The number of nitrogens with zero attached hydrogens (tertiary/aromatic N) is 2. The third-order valence-corrected chi connectivity index (χ3v) is 4.71. The highest BCUT2D eigenvalue weighted by Crippen LogP contribution is 2.26. The van der Waals surface area contributed by atoms with Crippen molar-refractivity contribution in [2.45, 2.75) is 18.8 Å². The molecule has 2 N–H and O–H groups in total. The van der Waals surface area contributed by atoms with Gasteiger partial charge in [0.25, 0.3) is 5.91 Å². The van der Waals surface area contributed by atoms with Gasteiger partial charge in [-0.2, -0.15) is 0 Å². The molecule has 1 saturated heterocycles. The van der Waals surface area contributed by atoms with Gasteiger partial charge in [0.2, 0.25) is 5.91 Å². The number of hydrogen-bond donors (Lipinski definition) is 2. The van der Waals surface area contributed by atoms with E-state index in [0.717, 1.165) is 25.9 Å². The number of likely N-dealkylation sites (tertiary alicyclic amines) is 1. The quantitative estimate of drug-likeness (QED) is 0.447. The number of amides is 2. The first-order chi connectivity index (χ1) is 13.7. The first-order valence-electron chi connectivity index (χ1n) is 9.27. The maximum Gasteiger partial charge on any atom is 0.267 e. The second-order valence-corrected chi connectivity index (χ2v) is 6.66. The predicted molar refractivity (Wildman–Crippen MR) is 114 cm³/mol. The number of hydrogen-bond acceptors (Lipinski definition) is 4. The van der Waals surface area contributed by atoms with E-state index in [1.54, 1.807) is 30.4 Å². The summed E-state index contributed by atoms with van der Waals surface area (Å²) in [6, 6.07) is 15.6. The molecule has 1 fully saturated rings. The molecule has 0 unspecified atom stereocenters. The molecular weight excluding hydrogens is 390 g/mol. The minimum atomic E-state index is -0.629. The summed E-state index contributed by atoms with van der Waals surface area (Å²) in [5, 5.41) is 8.50. The van der Waals surface area contributed by atoms with Gasteiger partial charge in [-0.3, -0.25) is 14.8 Å². The third kappa shape index (κ3) is 6.55. The predicted octanol–water partition coefficient (Wildman–Crippen LogP) is 3.44. The molecule has 1 atom stereocenters. The van der Waals surface area contributed by atoms with E-state index in [-0.39, 0.29) is 18.3 Å². The molecular formula is C22H24ClN3O3. The van der Waals surface area contributed by atoms with E-state index in [2.05, 4.69) is 17.1 Å². The Kier molecular flexibility index (Phi) is 8.58. The summed E-state index contributed by atoms with van der Waals surface area (Å²) in [5.41, 5.74) is 3.98. The van der Waals surface area contributed by atoms with Crippen LogP contribution >= 0.6 is 12.4 Å². The van der Waals surface area contributed by atoms with Gasteiger partial charge in [0.05, 0.1) is 11.4 Å². The van der Waals surface area contributed by atoms with Crippen LogP contribution in [0, 0.1) is 0 Å². The fourth-order valence-electron chi connectivity index (χ4n) is 3.29. The summed E-state index contributed by atoms with van der Waals surface area (Å²) in [5.74, 6) is -0.282. The molecule has 1 aliphatic heterocycles. The van der Waals surface area contributed by atoms with Crippen LogP contribution in [0.1, 0.15) is 35.7 Å². The molecule has 0 radical (unpaired) electrons. The van der Waals surface area contributed by atoms with Crippen LogP contribution < -0.4 is 5.48 Å². The Hall–Kier alpha value is -2.96. The van der Waals surface area contributed by atoms with Crippen molar-refractivity contribution >= 4 is 36.4 Å². The molecule has 0 saturated carbocycles. The average Bonchev–Trinajstić information content (AvgIpc) is 2.76. The summed E-state index contributed by atoms with van der Waals surface area (Å²) in [4.78, 5) is 29.9. The number of carbonyl (C=O) groups is 2. The minimum Gasteiger partial charge on any atom is -0.339 e. The molecule has 0 spiro atoms. The van der Waals surface area contributed by atoms with Gasteiger partial charge in [-0.25, -0.2) is 10.5 Å². The van der Waals surface area contributed by atoms with Gasteiger partial charge in [-0.15, -0.1) is 12.4 Å². The Morgan fingerprint density at radius 2 is 1.72 bits per heavy atom. The molecule has 1 aliphatic rings. The Morgan fingerprint density at radius 3 is 2.41 bits per heavy atom. The maximum atomic E-state index is 12.6. The van der Waals surface area contributed by atoms with E-state index < -0.39 is 5.91 Å². The fourth-order valence-corrected chi connectivity index (χ4v) is 3.29. The van der Waals surface area contributed by atoms with Crippen molar-refractivity contribution in [2.75, 3.05) is 13.1 Å². The number of hydroxylamine groups is 1. The SMILES string of the molecule is Cl.O=C(/C=C/c1cccc(/C=C/C(=O)N2CCC[C@@H](c3ccccc3)C2)n1)NO. The second kappa shape index (κ2) is 11.1. The summed E-state index contributed by atoms with van der Waals surface area (Å²) in [6.07, 6.45) is 7.97. The number of carbonyl (C=O) groups excluding carboxylic acids is 2. The molecule has 2 aromatic rings. The van der Waals surface area contributed by atoms with E-state index in [9.17, 15) is 9.59 Å². The zero-order valence-electron chi connectivity index (χ0n) is 15.9. The van der Waals surface area contributed by atoms with Crippen LogP contribution in [0.2, 0.25) is 0 Å². The minimum absolute atomic E-state index is 0. The van der Waals surface area contributed by atoms with E-state index >= 15 is 0 Å². The lowest BCUT2D eigenvalue weighted by Gasteiger charge is -2.32. The standard InChI is InChI=1S/C22H23N3O3.ClH/c26-21(24-28)13-11-19-9-4-10-20(23-19)12-14-22(27)25-15-5-8-18(16-25)17-6-2-1-3-7-17;/h1-4,6-7,9-14,18,28H,5,8,15-16H2,(H,24,26);1H/b13-11+,14-12+;/t18-;/m1./s1. The van der Waals surface area contributed by atoms with Crippen LogP contribution in [-0.4, -0.2) is 40.0 Å². The molecule has 0 bridgehead atoms. The zero-order chi connectivity index (χ0) is 19.8. The van der Waals surface area contributed by atoms with Crippen molar-refractivity contribution in [2.24, 2.45) is 0 Å². The zero-order valence-corrected chi connectivity index (χ0v) is 16.7. The Morgan fingerprint density at radius 1 is 1.03 bits per heavy atom. The van der Waals surface area contributed by atoms with Gasteiger partial charge >= 0.3 is 0 Å². The lowest BCUT2D eigenvalue weighted by atomic mass is 9.90. The summed E-state index contributed by atoms with van der Waals surface area (Å²) in [6.45, 7) is 1.48. The summed E-state index contributed by atoms with van der Waals surface area (Å²) < 4.78 is 0. The third-order valence-electron chi connectivity index (χ3n) is 4.71. The van der Waals surface area contributed by atoms with Crippen molar-refractivity contribution in [1.29, 1.82) is 0 Å². The monoisotopic (exact) mass is 413 g/mol. The highest BCUT2D eigenvalue weighted by atomic mass is 35.5. The number of nitrogens with one attached hydrogen (secondary N) is 1. The molecule has 29 heavy (non-hydrogen) atoms. The van der Waals surface area contributed by atoms with Crippen molar-refractivity contribution in [3.63, 3.8) is 0 Å². The second-order valence-electron chi connectivity index (χ2n) is 6.66. The summed E-state index contributed by atoms with van der Waals surface area (Å²) in [7, 11) is 0. The number of pyridine rings is 1. The number of benzene rings is 1. The summed E-state index contributed by atoms with van der Waals surface area (Å²) >= 11 is 0. The first kappa shape index (κ1) is 22.3. The lowest BCUT2D eigenvalue weighted by Crippen LogP contribution is -2.38. The topological polar surface area (TPSA) is 82.5 Å². The number of piperidine rings is 1. The highest BCUT2D eigenvalue weighted by molar-refractivity contribution is 5.92. The van der Waals surface area contributed by atoms with Crippen molar-refractivity contribution < 1.29 is 14.8 Å². The van der Waals surface area contributed by atoms with Crippen LogP contribution in [0.25, 0.3) is 12.2 Å². The number of aromatic nitrogens is 1. The van der Waals surface area contributed by atoms with E-state index in [0.29, 0.717) is 17.3 Å². The van der Waals surface area contributed by atoms with Crippen LogP contribution in [0.5, 0.6) is 0 Å². The van der Waals surface area contributed by atoms with Gasteiger partial charge in [0, 0.05) is 31.2 Å². The van der Waals surface area contributed by atoms with E-state index in [1.165, 1.54) is 23.2 Å². The van der Waals surface area contributed by atoms with Crippen LogP contribution in [0.15, 0.2) is 60.7 Å². The number of rotatable bonds is 5. The van der Waals surface area contributed by atoms with Crippen LogP contribution in [0.3, 0.4) is 0 Å². The fraction of sp³-hybridized carbons (Fsp3) is 0.227. The molecule has 7 heteroatoms. The Bertz CT molecular complexity index is 884. The van der Waals surface area contributed by atoms with E-state index in [1.807, 2.05) is 23.1 Å². The van der Waals surface area contributed by atoms with Crippen molar-refractivity contribution in [1.82, 2.24) is 15.4 Å². The first-order valence-corrected chi connectivity index (χ1v) is 9.27. The number of halogens is 1. The lowest BCUT2D eigenvalue weighted by molar-refractivity contribution is -0.127. The van der Waals surface area contributed by atoms with Crippen molar-refractivity contribution in [3.05, 3.63) is 77.6 Å². The largest absolute Gasteiger partial charge is 0.339 e. The average molecular weight is 414 g/mol. The maximum absolute atomic E-state index is 12.6. The van der Waals surface area contributed by atoms with Crippen LogP contribution in [-0.2, 0) is 9.59 Å². The van der Waals surface area contributed by atoms with Gasteiger partial charge in [-0.1, -0.05) is 36.4 Å². The molecule has 6 nitrogen and oxygen atoms in total. The van der Waals surface area contributed by atoms with Gasteiger partial charge in [0.1, 0.15) is 0 Å². The Labute approximate surface area is 176 Å². The molecule has 152 valence electrons. The van der Waals surface area contributed by atoms with Crippen LogP contribution in [0.4, 0.5) is 0 Å². The molecule has 1 aromatic heterocycles. The van der Waals surface area contributed by atoms with Crippen molar-refractivity contribution in [3.8, 4) is 0 Å².